The lowest BCUT2D eigenvalue weighted by molar-refractivity contribution is 0.207. The number of benzene rings is 2. The van der Waals surface area contributed by atoms with Crippen LogP contribution in [0.4, 0.5) is 0 Å². The Bertz CT molecular complexity index is 797. The van der Waals surface area contributed by atoms with E-state index in [1.807, 2.05) is 24.3 Å². The number of aliphatic hydroxyl groups is 1. The van der Waals surface area contributed by atoms with E-state index in [1.54, 1.807) is 25.3 Å². The predicted octanol–water partition coefficient (Wildman–Crippen LogP) is 3.65. The molecule has 0 aliphatic carbocycles. The van der Waals surface area contributed by atoms with Crippen molar-refractivity contribution in [2.45, 2.75) is 18.9 Å². The standard InChI is InChI=1S/C20H22O5/c1-12-15-9-13(5-4-8-21)10-18(24-3)20(15)25-19(12)14-6-7-16(22)17(11-14)23-2/h4-7,9-12,19,21-22H,8H2,1-3H3. The van der Waals surface area contributed by atoms with Crippen LogP contribution in [0, 0.1) is 0 Å². The van der Waals surface area contributed by atoms with Gasteiger partial charge in [0.1, 0.15) is 6.10 Å². The maximum absolute atomic E-state index is 9.80. The number of rotatable bonds is 5. The van der Waals surface area contributed by atoms with Gasteiger partial charge < -0.3 is 24.4 Å². The molecule has 2 aromatic carbocycles. The Balaban J connectivity index is 2.00. The summed E-state index contributed by atoms with van der Waals surface area (Å²) in [5.41, 5.74) is 2.92. The van der Waals surface area contributed by atoms with Crippen molar-refractivity contribution in [2.75, 3.05) is 20.8 Å². The van der Waals surface area contributed by atoms with Gasteiger partial charge in [0.05, 0.1) is 20.8 Å². The van der Waals surface area contributed by atoms with E-state index in [1.165, 1.54) is 7.11 Å². The first-order valence-corrected chi connectivity index (χ1v) is 8.12. The van der Waals surface area contributed by atoms with Crippen LogP contribution < -0.4 is 14.2 Å². The van der Waals surface area contributed by atoms with E-state index in [4.69, 9.17) is 19.3 Å². The van der Waals surface area contributed by atoms with Crippen LogP contribution in [0.25, 0.3) is 6.08 Å². The summed E-state index contributed by atoms with van der Waals surface area (Å²) in [6.07, 6.45) is 3.34. The van der Waals surface area contributed by atoms with Crippen LogP contribution in [-0.2, 0) is 0 Å². The number of hydrogen-bond acceptors (Lipinski definition) is 5. The Hall–Kier alpha value is -2.66. The molecule has 0 saturated carbocycles. The molecule has 5 heteroatoms. The minimum atomic E-state index is -0.199. The topological polar surface area (TPSA) is 68.2 Å². The van der Waals surface area contributed by atoms with E-state index in [2.05, 4.69) is 6.92 Å². The van der Waals surface area contributed by atoms with E-state index in [-0.39, 0.29) is 24.4 Å². The molecule has 2 unspecified atom stereocenters. The fraction of sp³-hybridized carbons (Fsp3) is 0.300. The zero-order valence-corrected chi connectivity index (χ0v) is 14.5. The third kappa shape index (κ3) is 3.15. The molecule has 0 spiro atoms. The molecule has 0 amide bonds. The summed E-state index contributed by atoms with van der Waals surface area (Å²) in [7, 11) is 3.13. The van der Waals surface area contributed by atoms with Crippen LogP contribution in [0.3, 0.4) is 0 Å². The smallest absolute Gasteiger partial charge is 0.165 e. The first-order chi connectivity index (χ1) is 12.1. The quantitative estimate of drug-likeness (QED) is 0.868. The molecule has 0 radical (unpaired) electrons. The second-order valence-corrected chi connectivity index (χ2v) is 5.98. The summed E-state index contributed by atoms with van der Waals surface area (Å²) in [5.74, 6) is 2.01. The molecule has 132 valence electrons. The second-order valence-electron chi connectivity index (χ2n) is 5.98. The van der Waals surface area contributed by atoms with Gasteiger partial charge in [0.25, 0.3) is 0 Å². The van der Waals surface area contributed by atoms with Crippen LogP contribution in [-0.4, -0.2) is 31.0 Å². The van der Waals surface area contributed by atoms with E-state index in [9.17, 15) is 5.11 Å². The van der Waals surface area contributed by atoms with Gasteiger partial charge in [0.15, 0.2) is 23.0 Å². The van der Waals surface area contributed by atoms with Gasteiger partial charge in [0.2, 0.25) is 0 Å². The largest absolute Gasteiger partial charge is 0.504 e. The highest BCUT2D eigenvalue weighted by atomic mass is 16.5. The van der Waals surface area contributed by atoms with E-state index in [0.29, 0.717) is 11.5 Å². The van der Waals surface area contributed by atoms with Crippen molar-refractivity contribution in [3.05, 3.63) is 53.1 Å². The van der Waals surface area contributed by atoms with Gasteiger partial charge in [-0.1, -0.05) is 25.1 Å². The monoisotopic (exact) mass is 342 g/mol. The van der Waals surface area contributed by atoms with Crippen LogP contribution >= 0.6 is 0 Å². The fourth-order valence-corrected chi connectivity index (χ4v) is 3.17. The third-order valence-corrected chi connectivity index (χ3v) is 4.46. The summed E-state index contributed by atoms with van der Waals surface area (Å²) in [6, 6.07) is 9.18. The van der Waals surface area contributed by atoms with Crippen LogP contribution in [0.1, 0.15) is 35.6 Å². The molecule has 1 heterocycles. The molecule has 1 aliphatic rings. The van der Waals surface area contributed by atoms with Crippen molar-refractivity contribution >= 4 is 6.08 Å². The van der Waals surface area contributed by atoms with E-state index >= 15 is 0 Å². The van der Waals surface area contributed by atoms with E-state index < -0.39 is 0 Å². The van der Waals surface area contributed by atoms with Crippen molar-refractivity contribution in [3.8, 4) is 23.0 Å². The number of hydrogen-bond donors (Lipinski definition) is 2. The van der Waals surface area contributed by atoms with Gasteiger partial charge in [-0.25, -0.2) is 0 Å². The lowest BCUT2D eigenvalue weighted by Crippen LogP contribution is -2.07. The molecule has 1 aliphatic heterocycles. The second kappa shape index (κ2) is 7.07. The number of aliphatic hydroxyl groups excluding tert-OH is 1. The van der Waals surface area contributed by atoms with Gasteiger partial charge in [0, 0.05) is 11.5 Å². The molecule has 0 aromatic heterocycles. The molecular formula is C20H22O5. The van der Waals surface area contributed by atoms with Crippen molar-refractivity contribution in [2.24, 2.45) is 0 Å². The first kappa shape index (κ1) is 17.2. The number of fused-ring (bicyclic) bond motifs is 1. The third-order valence-electron chi connectivity index (χ3n) is 4.46. The summed E-state index contributed by atoms with van der Waals surface area (Å²) >= 11 is 0. The number of phenolic OH excluding ortho intramolecular Hbond substituents is 1. The average Bonchev–Trinajstić information content (AvgIpc) is 2.96. The maximum Gasteiger partial charge on any atom is 0.165 e. The number of phenols is 1. The van der Waals surface area contributed by atoms with Gasteiger partial charge in [-0.2, -0.15) is 0 Å². The zero-order valence-electron chi connectivity index (χ0n) is 14.5. The summed E-state index contributed by atoms with van der Waals surface area (Å²) < 4.78 is 16.9. The molecular weight excluding hydrogens is 320 g/mol. The fourth-order valence-electron chi connectivity index (χ4n) is 3.17. The van der Waals surface area contributed by atoms with Crippen LogP contribution in [0.2, 0.25) is 0 Å². The molecule has 5 nitrogen and oxygen atoms in total. The Morgan fingerprint density at radius 2 is 1.88 bits per heavy atom. The van der Waals surface area contributed by atoms with Crippen molar-refractivity contribution < 1.29 is 24.4 Å². The Morgan fingerprint density at radius 3 is 2.56 bits per heavy atom. The number of methoxy groups -OCH3 is 2. The summed E-state index contributed by atoms with van der Waals surface area (Å²) in [5, 5.41) is 18.8. The summed E-state index contributed by atoms with van der Waals surface area (Å²) in [4.78, 5) is 0. The highest BCUT2D eigenvalue weighted by Crippen LogP contribution is 2.51. The SMILES string of the molecule is COc1cc(C2Oc3c(OC)cc(C=CCO)cc3C2C)ccc1O. The molecule has 0 bridgehead atoms. The molecule has 0 saturated heterocycles. The lowest BCUT2D eigenvalue weighted by Gasteiger charge is -2.17. The predicted molar refractivity (Wildman–Crippen MR) is 95.6 cm³/mol. The molecule has 25 heavy (non-hydrogen) atoms. The Morgan fingerprint density at radius 1 is 1.12 bits per heavy atom. The maximum atomic E-state index is 9.80. The number of ether oxygens (including phenoxy) is 3. The minimum Gasteiger partial charge on any atom is -0.504 e. The average molecular weight is 342 g/mol. The normalized spacial score (nSPS) is 18.9. The van der Waals surface area contributed by atoms with Crippen molar-refractivity contribution in [1.82, 2.24) is 0 Å². The first-order valence-electron chi connectivity index (χ1n) is 8.12. The lowest BCUT2D eigenvalue weighted by atomic mass is 9.91. The molecule has 2 N–H and O–H groups in total. The summed E-state index contributed by atoms with van der Waals surface area (Å²) in [6.45, 7) is 2.08. The van der Waals surface area contributed by atoms with Crippen LogP contribution in [0.15, 0.2) is 36.4 Å². The highest BCUT2D eigenvalue weighted by Gasteiger charge is 2.35. The Kier molecular flexibility index (Phi) is 4.86. The van der Waals surface area contributed by atoms with Crippen molar-refractivity contribution in [3.63, 3.8) is 0 Å². The van der Waals surface area contributed by atoms with E-state index in [0.717, 1.165) is 22.4 Å². The molecule has 2 aromatic rings. The van der Waals surface area contributed by atoms with Crippen LogP contribution in [0.5, 0.6) is 23.0 Å². The van der Waals surface area contributed by atoms with Gasteiger partial charge in [-0.15, -0.1) is 0 Å². The molecule has 3 rings (SSSR count). The number of aromatic hydroxyl groups is 1. The van der Waals surface area contributed by atoms with Gasteiger partial charge in [-0.05, 0) is 35.4 Å². The minimum absolute atomic E-state index is 0.0125. The van der Waals surface area contributed by atoms with Crippen molar-refractivity contribution in [1.29, 1.82) is 0 Å². The zero-order chi connectivity index (χ0) is 18.0. The van der Waals surface area contributed by atoms with Gasteiger partial charge in [-0.3, -0.25) is 0 Å². The molecule has 0 fully saturated rings. The highest BCUT2D eigenvalue weighted by molar-refractivity contribution is 5.62. The van der Waals surface area contributed by atoms with Gasteiger partial charge >= 0.3 is 0 Å². The molecule has 2 atom stereocenters. The Labute approximate surface area is 147 Å².